The second kappa shape index (κ2) is 6.18. The molecule has 0 spiro atoms. The fourth-order valence-electron chi connectivity index (χ4n) is 2.09. The number of nitrogens with zero attached hydrogens (tertiary/aromatic N) is 1. The van der Waals surface area contributed by atoms with E-state index in [9.17, 15) is 14.7 Å². The number of nitrogens with one attached hydrogen (secondary N) is 1. The van der Waals surface area contributed by atoms with E-state index >= 15 is 0 Å². The van der Waals surface area contributed by atoms with Gasteiger partial charge in [-0.3, -0.25) is 9.59 Å². The van der Waals surface area contributed by atoms with Crippen molar-refractivity contribution in [3.05, 3.63) is 0 Å². The molecule has 0 aromatic carbocycles. The molecule has 0 aromatic heterocycles. The number of piperidine rings is 1. The molecule has 0 saturated carbocycles. The number of hydrogen-bond acceptors (Lipinski definition) is 3. The lowest BCUT2D eigenvalue weighted by Gasteiger charge is -2.38. The maximum atomic E-state index is 11.9. The Labute approximate surface area is 109 Å². The van der Waals surface area contributed by atoms with Gasteiger partial charge in [-0.15, -0.1) is 0 Å². The van der Waals surface area contributed by atoms with E-state index in [1.54, 1.807) is 18.7 Å². The van der Waals surface area contributed by atoms with E-state index in [-0.39, 0.29) is 24.3 Å². The van der Waals surface area contributed by atoms with Crippen molar-refractivity contribution < 1.29 is 14.7 Å². The Kier molecular flexibility index (Phi) is 5.14. The lowest BCUT2D eigenvalue weighted by molar-refractivity contribution is -0.139. The number of amides is 2. The molecule has 2 N–H and O–H groups in total. The van der Waals surface area contributed by atoms with Crippen LogP contribution in [0.3, 0.4) is 0 Å². The molecule has 1 heterocycles. The zero-order valence-electron chi connectivity index (χ0n) is 11.5. The van der Waals surface area contributed by atoms with Crippen LogP contribution in [-0.2, 0) is 9.59 Å². The molecule has 0 radical (unpaired) electrons. The van der Waals surface area contributed by atoms with Gasteiger partial charge in [-0.05, 0) is 19.3 Å². The Morgan fingerprint density at radius 1 is 1.44 bits per heavy atom. The number of likely N-dealkylation sites (tertiary alicyclic amines) is 1. The molecule has 104 valence electrons. The van der Waals surface area contributed by atoms with Gasteiger partial charge in [0.05, 0.1) is 12.1 Å². The lowest BCUT2D eigenvalue weighted by Crippen LogP contribution is -2.52. The van der Waals surface area contributed by atoms with E-state index in [0.717, 1.165) is 12.8 Å². The first kappa shape index (κ1) is 15.0. The molecule has 5 heteroatoms. The van der Waals surface area contributed by atoms with Gasteiger partial charge < -0.3 is 15.3 Å². The summed E-state index contributed by atoms with van der Waals surface area (Å²) >= 11 is 0. The number of hydrogen-bond donors (Lipinski definition) is 2. The molecule has 1 saturated heterocycles. The molecule has 1 unspecified atom stereocenters. The van der Waals surface area contributed by atoms with Gasteiger partial charge in [0.1, 0.15) is 0 Å². The molecule has 0 aromatic rings. The summed E-state index contributed by atoms with van der Waals surface area (Å²) in [5.41, 5.74) is -0.754. The zero-order chi connectivity index (χ0) is 13.8. The highest BCUT2D eigenvalue weighted by molar-refractivity contribution is 5.85. The van der Waals surface area contributed by atoms with Crippen LogP contribution in [0.2, 0.25) is 0 Å². The van der Waals surface area contributed by atoms with Crippen LogP contribution < -0.4 is 5.32 Å². The molecule has 0 bridgehead atoms. The van der Waals surface area contributed by atoms with Gasteiger partial charge in [0, 0.05) is 19.0 Å². The van der Waals surface area contributed by atoms with Crippen LogP contribution in [-0.4, -0.2) is 47.1 Å². The van der Waals surface area contributed by atoms with Crippen molar-refractivity contribution in [2.75, 3.05) is 19.6 Å². The van der Waals surface area contributed by atoms with Gasteiger partial charge in [-0.25, -0.2) is 0 Å². The maximum absolute atomic E-state index is 11.9. The lowest BCUT2D eigenvalue weighted by atomic mass is 9.90. The average molecular weight is 256 g/mol. The number of carbonyl (C=O) groups is 2. The Morgan fingerprint density at radius 2 is 2.11 bits per heavy atom. The predicted molar refractivity (Wildman–Crippen MR) is 68.9 cm³/mol. The quantitative estimate of drug-likeness (QED) is 0.770. The van der Waals surface area contributed by atoms with Gasteiger partial charge in [0.25, 0.3) is 0 Å². The van der Waals surface area contributed by atoms with E-state index in [1.165, 1.54) is 0 Å². The molecular weight excluding hydrogens is 232 g/mol. The van der Waals surface area contributed by atoms with Crippen molar-refractivity contribution >= 4 is 11.8 Å². The minimum atomic E-state index is -0.754. The molecule has 1 rings (SSSR count). The SMILES string of the molecule is CCC1(O)CCCN(C(=O)CNC(=O)C(C)C)C1. The summed E-state index contributed by atoms with van der Waals surface area (Å²) in [5, 5.41) is 12.8. The van der Waals surface area contributed by atoms with Crippen LogP contribution in [0.15, 0.2) is 0 Å². The van der Waals surface area contributed by atoms with Crippen LogP contribution >= 0.6 is 0 Å². The van der Waals surface area contributed by atoms with Crippen molar-refractivity contribution in [3.8, 4) is 0 Å². The van der Waals surface area contributed by atoms with Gasteiger partial charge in [-0.2, -0.15) is 0 Å². The topological polar surface area (TPSA) is 69.6 Å². The Hall–Kier alpha value is -1.10. The van der Waals surface area contributed by atoms with Crippen molar-refractivity contribution in [1.29, 1.82) is 0 Å². The van der Waals surface area contributed by atoms with Crippen LogP contribution in [0.4, 0.5) is 0 Å². The summed E-state index contributed by atoms with van der Waals surface area (Å²) in [6.07, 6.45) is 2.20. The van der Waals surface area contributed by atoms with Gasteiger partial charge in [0.2, 0.25) is 11.8 Å². The minimum Gasteiger partial charge on any atom is -0.388 e. The summed E-state index contributed by atoms with van der Waals surface area (Å²) in [5.74, 6) is -0.353. The van der Waals surface area contributed by atoms with Crippen LogP contribution in [0.25, 0.3) is 0 Å². The maximum Gasteiger partial charge on any atom is 0.242 e. The van der Waals surface area contributed by atoms with E-state index in [2.05, 4.69) is 5.32 Å². The second-order valence-corrected chi connectivity index (χ2v) is 5.37. The Balaban J connectivity index is 2.44. The van der Waals surface area contributed by atoms with Crippen LogP contribution in [0.1, 0.15) is 40.0 Å². The predicted octanol–water partition coefficient (Wildman–Crippen LogP) is 0.522. The molecule has 1 aliphatic rings. The zero-order valence-corrected chi connectivity index (χ0v) is 11.5. The molecule has 5 nitrogen and oxygen atoms in total. The molecule has 18 heavy (non-hydrogen) atoms. The van der Waals surface area contributed by atoms with E-state index < -0.39 is 5.60 Å². The largest absolute Gasteiger partial charge is 0.388 e. The summed E-state index contributed by atoms with van der Waals surface area (Å²) in [7, 11) is 0. The number of aliphatic hydroxyl groups is 1. The normalized spacial score (nSPS) is 24.2. The van der Waals surface area contributed by atoms with Crippen molar-refractivity contribution in [3.63, 3.8) is 0 Å². The summed E-state index contributed by atoms with van der Waals surface area (Å²) < 4.78 is 0. The summed E-state index contributed by atoms with van der Waals surface area (Å²) in [6.45, 7) is 6.57. The van der Waals surface area contributed by atoms with E-state index in [4.69, 9.17) is 0 Å². The van der Waals surface area contributed by atoms with Gasteiger partial charge in [-0.1, -0.05) is 20.8 Å². The van der Waals surface area contributed by atoms with Crippen molar-refractivity contribution in [1.82, 2.24) is 10.2 Å². The fourth-order valence-corrected chi connectivity index (χ4v) is 2.09. The number of rotatable bonds is 4. The van der Waals surface area contributed by atoms with Crippen LogP contribution in [0, 0.1) is 5.92 Å². The molecule has 2 amide bonds. The second-order valence-electron chi connectivity index (χ2n) is 5.37. The van der Waals surface area contributed by atoms with Crippen molar-refractivity contribution in [2.24, 2.45) is 5.92 Å². The third kappa shape index (κ3) is 3.98. The summed E-state index contributed by atoms with van der Waals surface area (Å²) in [4.78, 5) is 25.0. The smallest absolute Gasteiger partial charge is 0.242 e. The van der Waals surface area contributed by atoms with Gasteiger partial charge in [0.15, 0.2) is 0 Å². The third-order valence-corrected chi connectivity index (χ3v) is 3.50. The highest BCUT2D eigenvalue weighted by atomic mass is 16.3. The number of carbonyl (C=O) groups excluding carboxylic acids is 2. The first-order valence-electron chi connectivity index (χ1n) is 6.66. The van der Waals surface area contributed by atoms with Gasteiger partial charge >= 0.3 is 0 Å². The van der Waals surface area contributed by atoms with E-state index in [0.29, 0.717) is 19.5 Å². The summed E-state index contributed by atoms with van der Waals surface area (Å²) in [6, 6.07) is 0. The average Bonchev–Trinajstić information content (AvgIpc) is 2.35. The monoisotopic (exact) mass is 256 g/mol. The van der Waals surface area contributed by atoms with Crippen LogP contribution in [0.5, 0.6) is 0 Å². The third-order valence-electron chi connectivity index (χ3n) is 3.50. The highest BCUT2D eigenvalue weighted by Gasteiger charge is 2.33. The van der Waals surface area contributed by atoms with Crippen molar-refractivity contribution in [2.45, 2.75) is 45.6 Å². The fraction of sp³-hybridized carbons (Fsp3) is 0.846. The minimum absolute atomic E-state index is 0.0246. The molecule has 1 atom stereocenters. The molecule has 0 aliphatic carbocycles. The Bertz CT molecular complexity index is 317. The highest BCUT2D eigenvalue weighted by Crippen LogP contribution is 2.23. The molecule has 1 fully saturated rings. The molecule has 1 aliphatic heterocycles. The first-order valence-corrected chi connectivity index (χ1v) is 6.66. The Morgan fingerprint density at radius 3 is 2.67 bits per heavy atom. The standard InChI is InChI=1S/C13H24N2O3/c1-4-13(18)6-5-7-15(9-13)11(16)8-14-12(17)10(2)3/h10,18H,4-9H2,1-3H3,(H,14,17). The van der Waals surface area contributed by atoms with E-state index in [1.807, 2.05) is 6.92 Å². The number of β-amino-alcohol motifs (C(OH)–C–C–N with tert-alkyl or cyclic N) is 1. The first-order chi connectivity index (χ1) is 8.38. The molecular formula is C13H24N2O3.